The molecule has 0 N–H and O–H groups in total. The van der Waals surface area contributed by atoms with Gasteiger partial charge in [-0.05, 0) is 12.5 Å². The first-order valence-corrected chi connectivity index (χ1v) is 12.7. The molecule has 3 aromatic rings. The summed E-state index contributed by atoms with van der Waals surface area (Å²) < 4.78 is 0. The van der Waals surface area contributed by atoms with Crippen LogP contribution in [0, 0.1) is 13.8 Å². The van der Waals surface area contributed by atoms with Crippen LogP contribution in [0.1, 0.15) is 11.1 Å². The van der Waals surface area contributed by atoms with E-state index in [9.17, 15) is 0 Å². The van der Waals surface area contributed by atoms with Gasteiger partial charge in [0.2, 0.25) is 0 Å². The summed E-state index contributed by atoms with van der Waals surface area (Å²) in [6.45, 7) is 4.32. The van der Waals surface area contributed by atoms with Crippen LogP contribution < -0.4 is 0 Å². The number of rotatable bonds is 1. The zero-order chi connectivity index (χ0) is 14.5. The Morgan fingerprint density at radius 2 is 1.60 bits per heavy atom. The Kier molecular flexibility index (Phi) is 5.96. The zero-order valence-corrected chi connectivity index (χ0v) is 15.4. The minimum absolute atomic E-state index is 0.826. The normalized spacial score (nSPS) is 10.0. The summed E-state index contributed by atoms with van der Waals surface area (Å²) in [6, 6.07) is 19.7. The molecule has 20 heavy (non-hydrogen) atoms. The molecule has 0 unspecified atom stereocenters. The molecule has 0 amide bonds. The van der Waals surface area contributed by atoms with Crippen molar-refractivity contribution in [2.24, 2.45) is 0 Å². The molecule has 3 rings (SSSR count). The fraction of sp³-hybridized carbons (Fsp3) is 0.118. The number of aryl methyl sites for hydroxylation is 2. The Balaban J connectivity index is 0.000000452. The molecule has 0 heterocycles. The SMILES string of the molecule is Cc1cc(-c2ccccc2)c2cc(C)[cH-]c2c1.[Cl][Zr][Cl]. The van der Waals surface area contributed by atoms with Gasteiger partial charge < -0.3 is 0 Å². The van der Waals surface area contributed by atoms with Gasteiger partial charge in [-0.1, -0.05) is 54.4 Å². The van der Waals surface area contributed by atoms with Crippen LogP contribution >= 0.6 is 17.0 Å². The van der Waals surface area contributed by atoms with E-state index in [-0.39, 0.29) is 0 Å². The van der Waals surface area contributed by atoms with Crippen LogP contribution in [-0.2, 0) is 20.8 Å². The Hall–Kier alpha value is -0.487. The summed E-state index contributed by atoms with van der Waals surface area (Å²) in [5.41, 5.74) is 5.30. The van der Waals surface area contributed by atoms with E-state index in [4.69, 9.17) is 17.0 Å². The third-order valence-electron chi connectivity index (χ3n) is 3.20. The van der Waals surface area contributed by atoms with Crippen molar-refractivity contribution in [2.75, 3.05) is 0 Å². The first-order valence-electron chi connectivity index (χ1n) is 6.35. The average Bonchev–Trinajstić information content (AvgIpc) is 2.80. The van der Waals surface area contributed by atoms with Gasteiger partial charge in [-0.3, -0.25) is 0 Å². The summed E-state index contributed by atoms with van der Waals surface area (Å²) in [6.07, 6.45) is 0. The van der Waals surface area contributed by atoms with E-state index in [0.717, 1.165) is 0 Å². The quantitative estimate of drug-likeness (QED) is 0.439. The molecule has 0 spiro atoms. The first kappa shape index (κ1) is 15.9. The first-order chi connectivity index (χ1) is 9.65. The van der Waals surface area contributed by atoms with Crippen LogP contribution in [-0.4, -0.2) is 0 Å². The van der Waals surface area contributed by atoms with Gasteiger partial charge in [0.25, 0.3) is 0 Å². The van der Waals surface area contributed by atoms with Gasteiger partial charge in [-0.25, -0.2) is 0 Å². The minimum atomic E-state index is -0.826. The maximum atomic E-state index is 4.93. The summed E-state index contributed by atoms with van der Waals surface area (Å²) in [4.78, 5) is 0. The summed E-state index contributed by atoms with van der Waals surface area (Å²) in [5.74, 6) is 0. The van der Waals surface area contributed by atoms with Crippen molar-refractivity contribution in [3.63, 3.8) is 0 Å². The van der Waals surface area contributed by atoms with Crippen LogP contribution in [0.4, 0.5) is 0 Å². The molecule has 0 aromatic heterocycles. The third-order valence-corrected chi connectivity index (χ3v) is 3.20. The van der Waals surface area contributed by atoms with Gasteiger partial charge in [0, 0.05) is 0 Å². The molecule has 3 aromatic carbocycles. The summed E-state index contributed by atoms with van der Waals surface area (Å²) in [7, 11) is 9.87. The number of hydrogen-bond acceptors (Lipinski definition) is 0. The van der Waals surface area contributed by atoms with Crippen molar-refractivity contribution in [1.29, 1.82) is 0 Å². The fourth-order valence-corrected chi connectivity index (χ4v) is 2.48. The second kappa shape index (κ2) is 7.50. The van der Waals surface area contributed by atoms with Crippen molar-refractivity contribution < 1.29 is 20.8 Å². The molecule has 0 saturated carbocycles. The van der Waals surface area contributed by atoms with Gasteiger partial charge in [-0.2, -0.15) is 6.07 Å². The van der Waals surface area contributed by atoms with E-state index in [0.29, 0.717) is 0 Å². The summed E-state index contributed by atoms with van der Waals surface area (Å²) >= 11 is -0.826. The van der Waals surface area contributed by atoms with E-state index in [1.165, 1.54) is 33.0 Å². The predicted molar refractivity (Wildman–Crippen MR) is 86.2 cm³/mol. The molecule has 0 radical (unpaired) electrons. The second-order valence-corrected chi connectivity index (χ2v) is 8.52. The van der Waals surface area contributed by atoms with Crippen LogP contribution in [0.3, 0.4) is 0 Å². The topological polar surface area (TPSA) is 0 Å². The van der Waals surface area contributed by atoms with E-state index in [2.05, 4.69) is 68.4 Å². The standard InChI is InChI=1S/C17H15.2ClH.Zr/c1-12-8-15-9-13(2)11-17(15)16(10-12)14-6-4-3-5-7-14;;;/h3-11H,1-2H3;2*1H;/q-1;;;+2/p-2. The molecule has 0 saturated heterocycles. The Morgan fingerprint density at radius 1 is 0.950 bits per heavy atom. The Morgan fingerprint density at radius 3 is 2.25 bits per heavy atom. The molecule has 0 aliphatic carbocycles. The van der Waals surface area contributed by atoms with Crippen molar-refractivity contribution in [2.45, 2.75) is 13.8 Å². The molecule has 0 aliphatic heterocycles. The van der Waals surface area contributed by atoms with E-state index >= 15 is 0 Å². The fourth-order valence-electron chi connectivity index (χ4n) is 2.48. The average molecular weight is 381 g/mol. The monoisotopic (exact) mass is 379 g/mol. The van der Waals surface area contributed by atoms with E-state index in [1.807, 2.05) is 0 Å². The van der Waals surface area contributed by atoms with Crippen molar-refractivity contribution >= 4 is 27.8 Å². The molecule has 0 aliphatic rings. The number of hydrogen-bond donors (Lipinski definition) is 0. The molecule has 3 heteroatoms. The Labute approximate surface area is 138 Å². The molecular formula is C17H15Cl2Zr-. The van der Waals surface area contributed by atoms with Gasteiger partial charge in [-0.15, -0.1) is 28.5 Å². The van der Waals surface area contributed by atoms with Gasteiger partial charge in [0.05, 0.1) is 0 Å². The number of halogens is 2. The molecule has 102 valence electrons. The summed E-state index contributed by atoms with van der Waals surface area (Å²) in [5, 5.41) is 2.71. The van der Waals surface area contributed by atoms with Crippen LogP contribution in [0.2, 0.25) is 0 Å². The second-order valence-electron chi connectivity index (χ2n) is 4.79. The molecule has 0 nitrogen and oxygen atoms in total. The van der Waals surface area contributed by atoms with Crippen molar-refractivity contribution in [3.05, 3.63) is 65.7 Å². The van der Waals surface area contributed by atoms with Crippen molar-refractivity contribution in [3.8, 4) is 11.1 Å². The van der Waals surface area contributed by atoms with Gasteiger partial charge >= 0.3 is 37.9 Å². The van der Waals surface area contributed by atoms with Gasteiger partial charge in [0.15, 0.2) is 0 Å². The third kappa shape index (κ3) is 3.79. The molecular weight excluding hydrogens is 366 g/mol. The van der Waals surface area contributed by atoms with Crippen LogP contribution in [0.15, 0.2) is 54.6 Å². The van der Waals surface area contributed by atoms with Crippen LogP contribution in [0.25, 0.3) is 21.9 Å². The van der Waals surface area contributed by atoms with Crippen LogP contribution in [0.5, 0.6) is 0 Å². The zero-order valence-electron chi connectivity index (χ0n) is 11.5. The van der Waals surface area contributed by atoms with E-state index in [1.54, 1.807) is 0 Å². The van der Waals surface area contributed by atoms with Gasteiger partial charge in [0.1, 0.15) is 0 Å². The number of benzene rings is 2. The number of fused-ring (bicyclic) bond motifs is 1. The predicted octanol–water partition coefficient (Wildman–Crippen LogP) is 6.22. The molecule has 0 fully saturated rings. The van der Waals surface area contributed by atoms with E-state index < -0.39 is 20.8 Å². The Bertz CT molecular complexity index is 687. The van der Waals surface area contributed by atoms with Crippen molar-refractivity contribution in [1.82, 2.24) is 0 Å². The molecule has 0 bridgehead atoms. The molecule has 0 atom stereocenters. The maximum absolute atomic E-state index is 4.93.